The molecular formula is C9H17N3O. The maximum absolute atomic E-state index is 10.9. The number of hydrogen-bond acceptors (Lipinski definition) is 3. The van der Waals surface area contributed by atoms with Gasteiger partial charge in [0.05, 0.1) is 0 Å². The molecule has 2 heterocycles. The van der Waals surface area contributed by atoms with Gasteiger partial charge in [-0.1, -0.05) is 0 Å². The van der Waals surface area contributed by atoms with E-state index in [1.54, 1.807) is 0 Å². The largest absolute Gasteiger partial charge is 0.352 e. The van der Waals surface area contributed by atoms with Gasteiger partial charge in [0, 0.05) is 38.1 Å². The zero-order chi connectivity index (χ0) is 9.26. The van der Waals surface area contributed by atoms with Crippen LogP contribution in [-0.4, -0.2) is 49.6 Å². The Labute approximate surface area is 78.7 Å². The number of nitrogens with one attached hydrogen (secondary N) is 2. The van der Waals surface area contributed by atoms with Crippen molar-refractivity contribution in [3.05, 3.63) is 0 Å². The third-order valence-corrected chi connectivity index (χ3v) is 2.98. The summed E-state index contributed by atoms with van der Waals surface area (Å²) in [6.07, 6.45) is 1.71. The van der Waals surface area contributed by atoms with Crippen molar-refractivity contribution in [3.63, 3.8) is 0 Å². The van der Waals surface area contributed by atoms with Gasteiger partial charge >= 0.3 is 0 Å². The van der Waals surface area contributed by atoms with E-state index in [0.29, 0.717) is 18.5 Å². The normalized spacial score (nSPS) is 29.1. The number of rotatable bonds is 3. The number of amides is 1. The fourth-order valence-corrected chi connectivity index (χ4v) is 1.90. The Morgan fingerprint density at radius 3 is 2.77 bits per heavy atom. The molecule has 0 bridgehead atoms. The first-order valence-corrected chi connectivity index (χ1v) is 4.96. The predicted molar refractivity (Wildman–Crippen MR) is 50.5 cm³/mol. The fourth-order valence-electron chi connectivity index (χ4n) is 1.90. The SMILES string of the molecule is CN(CC1CCC(=O)N1)C1CNC1. The molecule has 1 unspecified atom stereocenters. The van der Waals surface area contributed by atoms with Crippen molar-refractivity contribution in [2.24, 2.45) is 0 Å². The summed E-state index contributed by atoms with van der Waals surface area (Å²) in [5.41, 5.74) is 0. The molecule has 0 aromatic rings. The lowest BCUT2D eigenvalue weighted by Crippen LogP contribution is -2.57. The maximum Gasteiger partial charge on any atom is 0.220 e. The molecule has 0 radical (unpaired) electrons. The highest BCUT2D eigenvalue weighted by molar-refractivity contribution is 5.78. The van der Waals surface area contributed by atoms with Gasteiger partial charge in [-0.3, -0.25) is 9.69 Å². The average molecular weight is 183 g/mol. The Hall–Kier alpha value is -0.610. The highest BCUT2D eigenvalue weighted by Crippen LogP contribution is 2.10. The Bertz CT molecular complexity index is 203. The van der Waals surface area contributed by atoms with Crippen LogP contribution in [0.15, 0.2) is 0 Å². The molecule has 2 N–H and O–H groups in total. The minimum absolute atomic E-state index is 0.213. The van der Waals surface area contributed by atoms with Gasteiger partial charge in [0.25, 0.3) is 0 Å². The van der Waals surface area contributed by atoms with E-state index >= 15 is 0 Å². The topological polar surface area (TPSA) is 44.4 Å². The van der Waals surface area contributed by atoms with Gasteiger partial charge in [0.15, 0.2) is 0 Å². The van der Waals surface area contributed by atoms with E-state index in [2.05, 4.69) is 22.6 Å². The second kappa shape index (κ2) is 3.64. The van der Waals surface area contributed by atoms with Crippen molar-refractivity contribution in [2.75, 3.05) is 26.7 Å². The van der Waals surface area contributed by atoms with Crippen LogP contribution >= 0.6 is 0 Å². The van der Waals surface area contributed by atoms with Crippen molar-refractivity contribution >= 4 is 5.91 Å². The van der Waals surface area contributed by atoms with E-state index in [-0.39, 0.29) is 5.91 Å². The number of carbonyl (C=O) groups is 1. The number of nitrogens with zero attached hydrogens (tertiary/aromatic N) is 1. The molecule has 0 aromatic carbocycles. The van der Waals surface area contributed by atoms with Gasteiger partial charge in [0.1, 0.15) is 0 Å². The molecule has 0 saturated carbocycles. The summed E-state index contributed by atoms with van der Waals surface area (Å²) in [6.45, 7) is 3.19. The van der Waals surface area contributed by atoms with Gasteiger partial charge in [-0.15, -0.1) is 0 Å². The average Bonchev–Trinajstić information content (AvgIpc) is 2.31. The molecule has 74 valence electrons. The molecule has 2 aliphatic heterocycles. The lowest BCUT2D eigenvalue weighted by Gasteiger charge is -2.36. The molecule has 0 aliphatic carbocycles. The lowest BCUT2D eigenvalue weighted by molar-refractivity contribution is -0.119. The van der Waals surface area contributed by atoms with Crippen molar-refractivity contribution in [1.29, 1.82) is 0 Å². The van der Waals surface area contributed by atoms with Crippen LogP contribution in [0.25, 0.3) is 0 Å². The summed E-state index contributed by atoms with van der Waals surface area (Å²) in [7, 11) is 2.13. The van der Waals surface area contributed by atoms with Gasteiger partial charge in [-0.05, 0) is 13.5 Å². The molecular weight excluding hydrogens is 166 g/mol. The van der Waals surface area contributed by atoms with Crippen LogP contribution in [0.3, 0.4) is 0 Å². The van der Waals surface area contributed by atoms with Crippen molar-refractivity contribution in [2.45, 2.75) is 24.9 Å². The van der Waals surface area contributed by atoms with E-state index in [1.807, 2.05) is 0 Å². The Kier molecular flexibility index (Phi) is 2.51. The molecule has 4 nitrogen and oxygen atoms in total. The molecule has 13 heavy (non-hydrogen) atoms. The standard InChI is InChI=1S/C9H17N3O/c1-12(8-4-10-5-8)6-7-2-3-9(13)11-7/h7-8,10H,2-6H2,1H3,(H,11,13). The Morgan fingerprint density at radius 2 is 2.31 bits per heavy atom. The summed E-state index contributed by atoms with van der Waals surface area (Å²) in [5, 5.41) is 6.23. The summed E-state index contributed by atoms with van der Waals surface area (Å²) in [4.78, 5) is 13.3. The van der Waals surface area contributed by atoms with E-state index in [4.69, 9.17) is 0 Å². The van der Waals surface area contributed by atoms with Crippen LogP contribution in [0.4, 0.5) is 0 Å². The first-order valence-electron chi connectivity index (χ1n) is 4.96. The molecule has 4 heteroatoms. The Balaban J connectivity index is 1.73. The van der Waals surface area contributed by atoms with Crippen LogP contribution in [0, 0.1) is 0 Å². The zero-order valence-corrected chi connectivity index (χ0v) is 8.05. The van der Waals surface area contributed by atoms with Crippen LogP contribution in [0.2, 0.25) is 0 Å². The fraction of sp³-hybridized carbons (Fsp3) is 0.889. The van der Waals surface area contributed by atoms with Crippen molar-refractivity contribution in [3.8, 4) is 0 Å². The van der Waals surface area contributed by atoms with Crippen LogP contribution in [0.5, 0.6) is 0 Å². The van der Waals surface area contributed by atoms with Crippen LogP contribution in [0.1, 0.15) is 12.8 Å². The summed E-state index contributed by atoms with van der Waals surface area (Å²) < 4.78 is 0. The minimum Gasteiger partial charge on any atom is -0.352 e. The molecule has 1 amide bonds. The molecule has 2 saturated heterocycles. The Morgan fingerprint density at radius 1 is 1.54 bits per heavy atom. The zero-order valence-electron chi connectivity index (χ0n) is 8.05. The van der Waals surface area contributed by atoms with E-state index in [0.717, 1.165) is 26.1 Å². The number of carbonyl (C=O) groups excluding carboxylic acids is 1. The molecule has 0 spiro atoms. The van der Waals surface area contributed by atoms with Crippen molar-refractivity contribution < 1.29 is 4.79 Å². The molecule has 2 fully saturated rings. The van der Waals surface area contributed by atoms with E-state index < -0.39 is 0 Å². The molecule has 2 aliphatic rings. The summed E-state index contributed by atoms with van der Waals surface area (Å²) in [6, 6.07) is 1.07. The van der Waals surface area contributed by atoms with Crippen molar-refractivity contribution in [1.82, 2.24) is 15.5 Å². The predicted octanol–water partition coefficient (Wildman–Crippen LogP) is -0.831. The lowest BCUT2D eigenvalue weighted by atomic mass is 10.1. The van der Waals surface area contributed by atoms with Gasteiger partial charge in [0.2, 0.25) is 5.91 Å². The molecule has 1 atom stereocenters. The van der Waals surface area contributed by atoms with E-state index in [1.165, 1.54) is 0 Å². The third kappa shape index (κ3) is 2.00. The van der Waals surface area contributed by atoms with Gasteiger partial charge < -0.3 is 10.6 Å². The summed E-state index contributed by atoms with van der Waals surface area (Å²) in [5.74, 6) is 0.213. The minimum atomic E-state index is 0.213. The summed E-state index contributed by atoms with van der Waals surface area (Å²) >= 11 is 0. The van der Waals surface area contributed by atoms with Gasteiger partial charge in [-0.25, -0.2) is 0 Å². The maximum atomic E-state index is 10.9. The molecule has 0 aromatic heterocycles. The first kappa shape index (κ1) is 8.97. The second-order valence-electron chi connectivity index (χ2n) is 4.05. The highest BCUT2D eigenvalue weighted by Gasteiger charge is 2.26. The number of hydrogen-bond donors (Lipinski definition) is 2. The molecule has 2 rings (SSSR count). The number of likely N-dealkylation sites (N-methyl/N-ethyl adjacent to an activating group) is 1. The highest BCUT2D eigenvalue weighted by atomic mass is 16.1. The van der Waals surface area contributed by atoms with E-state index in [9.17, 15) is 4.79 Å². The quantitative estimate of drug-likeness (QED) is 0.600. The third-order valence-electron chi connectivity index (χ3n) is 2.98. The van der Waals surface area contributed by atoms with Crippen LogP contribution in [-0.2, 0) is 4.79 Å². The van der Waals surface area contributed by atoms with Crippen LogP contribution < -0.4 is 10.6 Å². The monoisotopic (exact) mass is 183 g/mol. The second-order valence-corrected chi connectivity index (χ2v) is 4.05. The first-order chi connectivity index (χ1) is 6.25. The van der Waals surface area contributed by atoms with Gasteiger partial charge in [-0.2, -0.15) is 0 Å². The smallest absolute Gasteiger partial charge is 0.220 e.